The summed E-state index contributed by atoms with van der Waals surface area (Å²) in [5.74, 6) is -0.0162. The van der Waals surface area contributed by atoms with Crippen molar-refractivity contribution in [2.24, 2.45) is 7.05 Å². The Morgan fingerprint density at radius 2 is 2.21 bits per heavy atom. The van der Waals surface area contributed by atoms with Crippen LogP contribution in [0.15, 0.2) is 12.1 Å². The van der Waals surface area contributed by atoms with Crippen LogP contribution in [0.2, 0.25) is 0 Å². The van der Waals surface area contributed by atoms with Crippen molar-refractivity contribution in [1.82, 2.24) is 20.1 Å². The van der Waals surface area contributed by atoms with E-state index in [2.05, 4.69) is 21.4 Å². The number of anilines is 1. The van der Waals surface area contributed by atoms with Gasteiger partial charge in [0.25, 0.3) is 5.91 Å². The largest absolute Gasteiger partial charge is 0.354 e. The number of amides is 1. The van der Waals surface area contributed by atoms with E-state index in [0.29, 0.717) is 6.04 Å². The zero-order chi connectivity index (χ0) is 16.8. The van der Waals surface area contributed by atoms with Crippen LogP contribution in [0.5, 0.6) is 0 Å². The Morgan fingerprint density at radius 3 is 2.96 bits per heavy atom. The number of thiophene rings is 1. The van der Waals surface area contributed by atoms with Gasteiger partial charge < -0.3 is 10.2 Å². The van der Waals surface area contributed by atoms with E-state index >= 15 is 0 Å². The van der Waals surface area contributed by atoms with Gasteiger partial charge in [-0.2, -0.15) is 5.10 Å². The highest BCUT2D eigenvalue weighted by Gasteiger charge is 2.30. The fraction of sp³-hybridized carbons (Fsp3) is 0.438. The number of fused-ring (bicyclic) bond motifs is 1. The van der Waals surface area contributed by atoms with Crippen LogP contribution < -0.4 is 10.2 Å². The molecule has 3 aromatic rings. The van der Waals surface area contributed by atoms with Gasteiger partial charge in [0.05, 0.1) is 21.3 Å². The predicted molar refractivity (Wildman–Crippen MR) is 98.2 cm³/mol. The van der Waals surface area contributed by atoms with Gasteiger partial charge in [0, 0.05) is 25.5 Å². The van der Waals surface area contributed by atoms with Gasteiger partial charge in [-0.05, 0) is 31.9 Å². The summed E-state index contributed by atoms with van der Waals surface area (Å²) in [5.41, 5.74) is 1.99. The highest BCUT2D eigenvalue weighted by molar-refractivity contribution is 7.22. The molecule has 0 saturated carbocycles. The first-order valence-electron chi connectivity index (χ1n) is 7.97. The fourth-order valence-corrected chi connectivity index (χ4v) is 5.48. The van der Waals surface area contributed by atoms with Crippen LogP contribution in [-0.2, 0) is 7.05 Å². The average Bonchev–Trinajstić information content (AvgIpc) is 3.32. The van der Waals surface area contributed by atoms with Crippen molar-refractivity contribution in [3.8, 4) is 0 Å². The number of rotatable bonds is 3. The molecule has 1 unspecified atom stereocenters. The molecule has 1 fully saturated rings. The van der Waals surface area contributed by atoms with Crippen molar-refractivity contribution >= 4 is 44.1 Å². The second-order valence-corrected chi connectivity index (χ2v) is 8.08. The van der Waals surface area contributed by atoms with Gasteiger partial charge in [0.1, 0.15) is 0 Å². The highest BCUT2D eigenvalue weighted by atomic mass is 32.1. The third-order valence-electron chi connectivity index (χ3n) is 4.44. The second-order valence-electron chi connectivity index (χ2n) is 5.99. The van der Waals surface area contributed by atoms with Crippen molar-refractivity contribution < 1.29 is 4.79 Å². The van der Waals surface area contributed by atoms with Gasteiger partial charge in [-0.1, -0.05) is 11.3 Å². The van der Waals surface area contributed by atoms with Crippen molar-refractivity contribution in [3.05, 3.63) is 27.6 Å². The fourth-order valence-electron chi connectivity index (χ4n) is 3.27. The molecule has 1 saturated heterocycles. The molecule has 3 aromatic heterocycles. The summed E-state index contributed by atoms with van der Waals surface area (Å²) in [5, 5.41) is 8.18. The first-order chi connectivity index (χ1) is 11.6. The lowest BCUT2D eigenvalue weighted by molar-refractivity contribution is 0.0967. The third-order valence-corrected chi connectivity index (χ3v) is 6.81. The molecule has 8 heteroatoms. The Hall–Kier alpha value is -1.93. The van der Waals surface area contributed by atoms with Crippen molar-refractivity contribution in [2.75, 3.05) is 18.5 Å². The minimum absolute atomic E-state index is 0.0162. The quantitative estimate of drug-likeness (QED) is 0.779. The minimum atomic E-state index is -0.0162. The first kappa shape index (κ1) is 15.6. The van der Waals surface area contributed by atoms with E-state index in [9.17, 15) is 4.79 Å². The topological polar surface area (TPSA) is 63.1 Å². The molecule has 1 amide bonds. The lowest BCUT2D eigenvalue weighted by Crippen LogP contribution is -2.21. The number of thiazole rings is 1. The molecule has 1 N–H and O–H groups in total. The Labute approximate surface area is 148 Å². The van der Waals surface area contributed by atoms with Crippen LogP contribution in [0.1, 0.15) is 39.1 Å². The van der Waals surface area contributed by atoms with Crippen LogP contribution in [0.3, 0.4) is 0 Å². The molecular weight excluding hydrogens is 342 g/mol. The Morgan fingerprint density at radius 1 is 1.38 bits per heavy atom. The van der Waals surface area contributed by atoms with Gasteiger partial charge in [-0.15, -0.1) is 11.3 Å². The van der Waals surface area contributed by atoms with Crippen LogP contribution in [-0.4, -0.2) is 34.3 Å². The number of hydrogen-bond donors (Lipinski definition) is 1. The molecule has 0 aromatic carbocycles. The zero-order valence-electron chi connectivity index (χ0n) is 13.9. The lowest BCUT2D eigenvalue weighted by atomic mass is 10.2. The molecule has 0 radical (unpaired) electrons. The van der Waals surface area contributed by atoms with E-state index in [-0.39, 0.29) is 5.91 Å². The molecule has 24 heavy (non-hydrogen) atoms. The number of aromatic nitrogens is 3. The molecule has 1 aliphatic rings. The van der Waals surface area contributed by atoms with Crippen LogP contribution in [0.4, 0.5) is 5.13 Å². The van der Waals surface area contributed by atoms with Crippen LogP contribution in [0.25, 0.3) is 10.3 Å². The van der Waals surface area contributed by atoms with E-state index in [1.54, 1.807) is 29.7 Å². The average molecular weight is 361 g/mol. The molecule has 4 heterocycles. The maximum absolute atomic E-state index is 11.8. The van der Waals surface area contributed by atoms with Crippen molar-refractivity contribution in [2.45, 2.75) is 25.8 Å². The molecule has 1 aliphatic heterocycles. The molecule has 0 bridgehead atoms. The van der Waals surface area contributed by atoms with E-state index < -0.39 is 0 Å². The maximum Gasteiger partial charge on any atom is 0.261 e. The third kappa shape index (κ3) is 2.41. The minimum Gasteiger partial charge on any atom is -0.354 e. The number of hydrogen-bond acceptors (Lipinski definition) is 6. The standard InChI is InChI=1S/C16H19N5OS2/c1-9-13-14(20(3)19-9)18-16(24-13)21-8-4-5-10(21)11-6-7-12(23-11)15(22)17-2/h6-7,10H,4-5,8H2,1-3H3,(H,17,22). The van der Waals surface area contributed by atoms with E-state index in [1.165, 1.54) is 4.88 Å². The monoisotopic (exact) mass is 361 g/mol. The second kappa shape index (κ2) is 5.86. The summed E-state index contributed by atoms with van der Waals surface area (Å²) in [4.78, 5) is 21.0. The van der Waals surface area contributed by atoms with Gasteiger partial charge in [0.2, 0.25) is 0 Å². The molecule has 4 rings (SSSR count). The normalized spacial score (nSPS) is 17.8. The van der Waals surface area contributed by atoms with Gasteiger partial charge in [-0.25, -0.2) is 9.67 Å². The number of carbonyl (C=O) groups is 1. The Bertz CT molecular complexity index is 874. The van der Waals surface area contributed by atoms with Crippen molar-refractivity contribution in [3.63, 3.8) is 0 Å². The van der Waals surface area contributed by atoms with Gasteiger partial charge in [0.15, 0.2) is 10.8 Å². The number of nitrogens with zero attached hydrogens (tertiary/aromatic N) is 4. The van der Waals surface area contributed by atoms with Crippen LogP contribution in [0, 0.1) is 6.92 Å². The molecular formula is C16H19N5OS2. The first-order valence-corrected chi connectivity index (χ1v) is 9.60. The summed E-state index contributed by atoms with van der Waals surface area (Å²) >= 11 is 3.30. The van der Waals surface area contributed by atoms with E-state index in [4.69, 9.17) is 4.98 Å². The summed E-state index contributed by atoms with van der Waals surface area (Å²) in [6, 6.07) is 4.31. The van der Waals surface area contributed by atoms with Crippen molar-refractivity contribution in [1.29, 1.82) is 0 Å². The maximum atomic E-state index is 11.8. The van der Waals surface area contributed by atoms with Gasteiger partial charge in [-0.3, -0.25) is 4.79 Å². The number of nitrogens with one attached hydrogen (secondary N) is 1. The molecule has 1 atom stereocenters. The molecule has 126 valence electrons. The van der Waals surface area contributed by atoms with Crippen LogP contribution >= 0.6 is 22.7 Å². The highest BCUT2D eigenvalue weighted by Crippen LogP contribution is 2.42. The molecule has 6 nitrogen and oxygen atoms in total. The zero-order valence-corrected chi connectivity index (χ0v) is 15.5. The SMILES string of the molecule is CNC(=O)c1ccc(C2CCCN2c2nc3c(s2)c(C)nn3C)s1. The smallest absolute Gasteiger partial charge is 0.261 e. The number of aryl methyl sites for hydroxylation is 2. The molecule has 0 aliphatic carbocycles. The summed E-state index contributed by atoms with van der Waals surface area (Å²) in [7, 11) is 3.61. The lowest BCUT2D eigenvalue weighted by Gasteiger charge is -2.22. The van der Waals surface area contributed by atoms with E-state index in [0.717, 1.165) is 45.4 Å². The predicted octanol–water partition coefficient (Wildman–Crippen LogP) is 3.10. The Balaban J connectivity index is 1.67. The van der Waals surface area contributed by atoms with Gasteiger partial charge >= 0.3 is 0 Å². The number of carbonyl (C=O) groups excluding carboxylic acids is 1. The van der Waals surface area contributed by atoms with E-state index in [1.807, 2.05) is 24.7 Å². The summed E-state index contributed by atoms with van der Waals surface area (Å²) in [6.45, 7) is 3.03. The summed E-state index contributed by atoms with van der Waals surface area (Å²) < 4.78 is 3.01. The molecule has 0 spiro atoms. The Kier molecular flexibility index (Phi) is 3.80. The summed E-state index contributed by atoms with van der Waals surface area (Å²) in [6.07, 6.45) is 2.24.